The maximum Gasteiger partial charge on any atom is 0.0544 e. The van der Waals surface area contributed by atoms with Crippen molar-refractivity contribution < 1.29 is 0 Å². The van der Waals surface area contributed by atoms with Crippen LogP contribution in [0.3, 0.4) is 0 Å². The Morgan fingerprint density at radius 2 is 0.644 bits per heavy atom. The molecular formula is C87H63BrN2. The van der Waals surface area contributed by atoms with E-state index in [1.54, 1.807) is 0 Å². The molecule has 0 spiro atoms. The van der Waals surface area contributed by atoms with Crippen LogP contribution in [-0.2, 0) is 10.8 Å². The van der Waals surface area contributed by atoms with E-state index in [9.17, 15) is 0 Å². The van der Waals surface area contributed by atoms with Crippen molar-refractivity contribution in [2.24, 2.45) is 0 Å². The lowest BCUT2D eigenvalue weighted by atomic mass is 9.77. The number of nitrogens with one attached hydrogen (secondary N) is 1. The summed E-state index contributed by atoms with van der Waals surface area (Å²) in [6.45, 7) is 9.73. The number of benzene rings is 16. The summed E-state index contributed by atoms with van der Waals surface area (Å²) >= 11 is 3.31. The molecule has 20 rings (SSSR count). The van der Waals surface area contributed by atoms with Gasteiger partial charge in [-0.2, -0.15) is 0 Å². The third-order valence-corrected chi connectivity index (χ3v) is 20.7. The van der Waals surface area contributed by atoms with Gasteiger partial charge in [-0.05, 0) is 191 Å². The Morgan fingerprint density at radius 3 is 1.11 bits per heavy atom. The van der Waals surface area contributed by atoms with Crippen LogP contribution in [0.4, 0.5) is 0 Å². The van der Waals surface area contributed by atoms with Crippen molar-refractivity contribution in [2.75, 3.05) is 0 Å². The smallest absolute Gasteiger partial charge is 0.0544 e. The van der Waals surface area contributed by atoms with Crippen LogP contribution < -0.4 is 0 Å². The highest BCUT2D eigenvalue weighted by atomic mass is 79.9. The molecule has 0 amide bonds. The molecule has 0 aliphatic heterocycles. The minimum Gasteiger partial charge on any atom is -0.355 e. The Labute approximate surface area is 531 Å². The Bertz CT molecular complexity index is 6040. The molecule has 2 heterocycles. The minimum absolute atomic E-state index is 0. The van der Waals surface area contributed by atoms with E-state index in [-0.39, 0.29) is 18.3 Å². The summed E-state index contributed by atoms with van der Waals surface area (Å²) in [5, 5.41) is 26.8. The summed E-state index contributed by atoms with van der Waals surface area (Å²) < 4.78 is 3.58. The van der Waals surface area contributed by atoms with Gasteiger partial charge < -0.3 is 9.55 Å². The van der Waals surface area contributed by atoms with Gasteiger partial charge in [0.15, 0.2) is 0 Å². The Kier molecular flexibility index (Phi) is 12.0. The van der Waals surface area contributed by atoms with E-state index in [4.69, 9.17) is 0 Å². The van der Waals surface area contributed by atoms with E-state index in [0.29, 0.717) is 0 Å². The predicted molar refractivity (Wildman–Crippen MR) is 393 cm³/mol. The summed E-state index contributed by atoms with van der Waals surface area (Å²) in [5.41, 5.74) is 17.0. The van der Waals surface area contributed by atoms with E-state index in [1.165, 1.54) is 180 Å². The standard InChI is InChI=1S/C43H29N.C37H25N.C6H5Br.CH4/c1-43(2)36-25-38-34(29-18-12-13-23-37(29)44(38)26-14-4-3-5-15-26)24-35(36)40-33-22-11-10-21-32(33)39-30-19-8-6-16-27(30)28-17-7-9-20-31(28)41(39)42(40)43;1-37(2)30-20-32-28(23-13-9-10-18-31(23)38-32)19-29(30)34-27-17-8-7-16-26(27)33-24-14-5-3-11-21(24)22-12-4-6-15-25(22)35(33)36(34)37;7-6-4-2-1-3-5-6;/h3-25H,1-2H3;3-20,38H,1-2H3;1-5H;1H4. The van der Waals surface area contributed by atoms with Crippen LogP contribution in [0.1, 0.15) is 57.4 Å². The number of hydrogen-bond acceptors (Lipinski definition) is 0. The van der Waals surface area contributed by atoms with Crippen molar-refractivity contribution in [3.8, 4) is 27.9 Å². The number of rotatable bonds is 1. The molecular weight excluding hydrogens is 1150 g/mol. The van der Waals surface area contributed by atoms with E-state index >= 15 is 0 Å². The summed E-state index contributed by atoms with van der Waals surface area (Å²) in [4.78, 5) is 3.70. The van der Waals surface area contributed by atoms with Gasteiger partial charge in [-0.1, -0.05) is 269 Å². The second-order valence-corrected chi connectivity index (χ2v) is 26.5. The van der Waals surface area contributed by atoms with Gasteiger partial charge >= 0.3 is 0 Å². The van der Waals surface area contributed by atoms with Crippen molar-refractivity contribution >= 4 is 146 Å². The Hall–Kier alpha value is -10.3. The number of nitrogens with zero attached hydrogens (tertiary/aromatic N) is 1. The molecule has 2 aliphatic carbocycles. The zero-order chi connectivity index (χ0) is 59.4. The second-order valence-electron chi connectivity index (χ2n) is 25.5. The predicted octanol–water partition coefficient (Wildman–Crippen LogP) is 25.0. The highest BCUT2D eigenvalue weighted by Gasteiger charge is 2.42. The van der Waals surface area contributed by atoms with Gasteiger partial charge in [-0.25, -0.2) is 0 Å². The summed E-state index contributed by atoms with van der Waals surface area (Å²) in [6.07, 6.45) is 0. The van der Waals surface area contributed by atoms with Crippen LogP contribution in [-0.4, -0.2) is 9.55 Å². The average Bonchev–Trinajstić information content (AvgIpc) is 1.46. The number of para-hydroxylation sites is 3. The summed E-state index contributed by atoms with van der Waals surface area (Å²) in [5.74, 6) is 0. The molecule has 2 aromatic heterocycles. The molecule has 428 valence electrons. The fourth-order valence-electron chi connectivity index (χ4n) is 16.4. The molecule has 0 bridgehead atoms. The van der Waals surface area contributed by atoms with Crippen molar-refractivity contribution in [1.29, 1.82) is 0 Å². The number of aromatic nitrogens is 2. The first-order valence-corrected chi connectivity index (χ1v) is 31.9. The van der Waals surface area contributed by atoms with Gasteiger partial charge in [-0.3, -0.25) is 0 Å². The topological polar surface area (TPSA) is 20.7 Å². The molecule has 3 heteroatoms. The molecule has 1 N–H and O–H groups in total. The third kappa shape index (κ3) is 7.57. The van der Waals surface area contributed by atoms with Gasteiger partial charge in [0, 0.05) is 53.6 Å². The van der Waals surface area contributed by atoms with E-state index in [0.717, 1.165) is 4.47 Å². The third-order valence-electron chi connectivity index (χ3n) is 20.1. The van der Waals surface area contributed by atoms with E-state index < -0.39 is 0 Å². The molecule has 2 nitrogen and oxygen atoms in total. The first-order valence-electron chi connectivity index (χ1n) is 31.1. The lowest BCUT2D eigenvalue weighted by Gasteiger charge is -2.26. The minimum atomic E-state index is -0.204. The Morgan fingerprint density at radius 1 is 0.289 bits per heavy atom. The number of fused-ring (bicyclic) bond motifs is 32. The molecule has 18 aromatic rings. The fraction of sp³-hybridized carbons (Fsp3) is 0.0805. The molecule has 0 fully saturated rings. The zero-order valence-corrected chi connectivity index (χ0v) is 51.5. The monoisotopic (exact) mass is 1210 g/mol. The highest BCUT2D eigenvalue weighted by Crippen LogP contribution is 2.60. The second kappa shape index (κ2) is 20.1. The van der Waals surface area contributed by atoms with Crippen LogP contribution in [0, 0.1) is 0 Å². The molecule has 0 atom stereocenters. The molecule has 90 heavy (non-hydrogen) atoms. The van der Waals surface area contributed by atoms with Crippen molar-refractivity contribution in [3.63, 3.8) is 0 Å². The van der Waals surface area contributed by atoms with E-state index in [1.807, 2.05) is 30.3 Å². The first kappa shape index (κ1) is 53.9. The fourth-order valence-corrected chi connectivity index (χ4v) is 16.7. The molecule has 0 saturated heterocycles. The van der Waals surface area contributed by atoms with Crippen molar-refractivity contribution in [3.05, 3.63) is 306 Å². The van der Waals surface area contributed by atoms with Crippen LogP contribution in [0.5, 0.6) is 0 Å². The molecule has 16 aromatic carbocycles. The number of hydrogen-bond donors (Lipinski definition) is 1. The summed E-state index contributed by atoms with van der Waals surface area (Å²) in [7, 11) is 0. The van der Waals surface area contributed by atoms with Gasteiger partial charge in [0.05, 0.1) is 11.0 Å². The SMILES string of the molecule is Brc1ccccc1.C.CC1(C)c2cc3[nH]c4ccccc4c3cc2-c2c1c1c3ccccc3c3ccccc3c1c1ccccc21.CC1(C)c2cc3c(cc2-c2c1c1c4ccccc4c4ccccc4c1c1ccccc21)c1ccccc1n3-c1ccccc1. The zero-order valence-electron chi connectivity index (χ0n) is 49.9. The maximum atomic E-state index is 3.70. The van der Waals surface area contributed by atoms with Crippen molar-refractivity contribution in [1.82, 2.24) is 9.55 Å². The summed E-state index contributed by atoms with van der Waals surface area (Å²) in [6, 6.07) is 102. The van der Waals surface area contributed by atoms with Crippen molar-refractivity contribution in [2.45, 2.75) is 46.0 Å². The molecule has 0 radical (unpaired) electrons. The van der Waals surface area contributed by atoms with E-state index in [2.05, 4.69) is 302 Å². The van der Waals surface area contributed by atoms with Crippen LogP contribution >= 0.6 is 15.9 Å². The molecule has 0 unspecified atom stereocenters. The highest BCUT2D eigenvalue weighted by molar-refractivity contribution is 9.10. The maximum absolute atomic E-state index is 3.70. The lowest BCUT2D eigenvalue weighted by Crippen LogP contribution is -2.16. The lowest BCUT2D eigenvalue weighted by molar-refractivity contribution is 0.667. The van der Waals surface area contributed by atoms with Crippen LogP contribution in [0.2, 0.25) is 0 Å². The quantitative estimate of drug-likeness (QED) is 0.158. The molecule has 2 aliphatic rings. The number of aromatic amines is 1. The van der Waals surface area contributed by atoms with Gasteiger partial charge in [0.1, 0.15) is 0 Å². The van der Waals surface area contributed by atoms with Gasteiger partial charge in [0.25, 0.3) is 0 Å². The molecule has 0 saturated carbocycles. The number of halogens is 1. The number of H-pyrrole nitrogens is 1. The largest absolute Gasteiger partial charge is 0.355 e. The van der Waals surface area contributed by atoms with Gasteiger partial charge in [-0.15, -0.1) is 0 Å². The first-order chi connectivity index (χ1) is 43.6. The van der Waals surface area contributed by atoms with Crippen LogP contribution in [0.25, 0.3) is 158 Å². The van der Waals surface area contributed by atoms with Crippen LogP contribution in [0.15, 0.2) is 284 Å². The average molecular weight is 1220 g/mol. The van der Waals surface area contributed by atoms with Gasteiger partial charge in [0.2, 0.25) is 0 Å². The Balaban J connectivity index is 0.000000125. The normalized spacial score (nSPS) is 13.5.